The predicted molar refractivity (Wildman–Crippen MR) is 76.3 cm³/mol. The normalized spacial score (nSPS) is 11.7. The first-order chi connectivity index (χ1) is 10.9. The summed E-state index contributed by atoms with van der Waals surface area (Å²) in [5.74, 6) is 0.434. The lowest BCUT2D eigenvalue weighted by Crippen LogP contribution is -2.22. The molecule has 0 amide bonds. The Balaban J connectivity index is 1.92. The number of halogens is 3. The molecular weight excluding hydrogens is 313 g/mol. The van der Waals surface area contributed by atoms with Gasteiger partial charge in [0.1, 0.15) is 12.1 Å². The van der Waals surface area contributed by atoms with Gasteiger partial charge in [0, 0.05) is 6.20 Å². The molecular formula is C12H11F3N8. The highest BCUT2D eigenvalue weighted by molar-refractivity contribution is 5.84. The van der Waals surface area contributed by atoms with E-state index in [1.165, 1.54) is 12.5 Å². The molecule has 0 aliphatic heterocycles. The lowest BCUT2D eigenvalue weighted by atomic mass is 10.4. The van der Waals surface area contributed by atoms with Crippen molar-refractivity contribution in [3.8, 4) is 0 Å². The van der Waals surface area contributed by atoms with Gasteiger partial charge in [0.05, 0.1) is 18.2 Å². The SMILES string of the molecule is Cc1cncc(Nc2nc(NCC(F)(F)F)c3[nH]cnc3n2)n1. The third-order valence-electron chi connectivity index (χ3n) is 2.74. The smallest absolute Gasteiger partial charge is 0.359 e. The Hall–Kier alpha value is -2.98. The highest BCUT2D eigenvalue weighted by Crippen LogP contribution is 2.22. The number of hydrogen-bond donors (Lipinski definition) is 3. The number of anilines is 3. The topological polar surface area (TPSA) is 104 Å². The second-order valence-corrected chi connectivity index (χ2v) is 4.64. The van der Waals surface area contributed by atoms with Gasteiger partial charge in [-0.15, -0.1) is 0 Å². The van der Waals surface area contributed by atoms with Crippen molar-refractivity contribution in [1.29, 1.82) is 0 Å². The van der Waals surface area contributed by atoms with E-state index in [0.29, 0.717) is 11.5 Å². The monoisotopic (exact) mass is 324 g/mol. The Morgan fingerprint density at radius 2 is 2.00 bits per heavy atom. The lowest BCUT2D eigenvalue weighted by molar-refractivity contribution is -0.115. The van der Waals surface area contributed by atoms with Gasteiger partial charge in [-0.25, -0.2) is 9.97 Å². The van der Waals surface area contributed by atoms with Crippen LogP contribution in [-0.4, -0.2) is 42.6 Å². The summed E-state index contributed by atoms with van der Waals surface area (Å²) in [5, 5.41) is 5.02. The standard InChI is InChI=1S/C12H11F3N8/c1-6-2-16-3-7(20-6)21-11-22-9(17-4-12(13,14)15)8-10(23-11)19-5-18-8/h2-3,5H,4H2,1H3,(H3,17,18,19,20,21,22,23). The van der Waals surface area contributed by atoms with Gasteiger partial charge >= 0.3 is 6.18 Å². The molecule has 3 aromatic heterocycles. The molecule has 0 fully saturated rings. The maximum Gasteiger partial charge on any atom is 0.405 e. The zero-order valence-electron chi connectivity index (χ0n) is 11.8. The minimum Gasteiger partial charge on any atom is -0.359 e. The third kappa shape index (κ3) is 3.62. The maximum absolute atomic E-state index is 12.4. The van der Waals surface area contributed by atoms with Gasteiger partial charge in [0.25, 0.3) is 0 Å². The van der Waals surface area contributed by atoms with Gasteiger partial charge in [-0.1, -0.05) is 0 Å². The van der Waals surface area contributed by atoms with Crippen LogP contribution in [-0.2, 0) is 0 Å². The number of nitrogens with one attached hydrogen (secondary N) is 3. The summed E-state index contributed by atoms with van der Waals surface area (Å²) >= 11 is 0. The Morgan fingerprint density at radius 1 is 1.17 bits per heavy atom. The van der Waals surface area contributed by atoms with Crippen LogP contribution in [0.5, 0.6) is 0 Å². The van der Waals surface area contributed by atoms with Crippen molar-refractivity contribution < 1.29 is 13.2 Å². The minimum absolute atomic E-state index is 0.00654. The fraction of sp³-hybridized carbons (Fsp3) is 0.250. The van der Waals surface area contributed by atoms with Crippen LogP contribution in [0.15, 0.2) is 18.7 Å². The molecule has 0 bridgehead atoms. The molecule has 0 radical (unpaired) electrons. The molecule has 0 aliphatic rings. The van der Waals surface area contributed by atoms with E-state index in [1.54, 1.807) is 13.1 Å². The largest absolute Gasteiger partial charge is 0.405 e. The molecule has 3 aromatic rings. The highest BCUT2D eigenvalue weighted by Gasteiger charge is 2.27. The zero-order valence-corrected chi connectivity index (χ0v) is 11.8. The summed E-state index contributed by atoms with van der Waals surface area (Å²) < 4.78 is 37.2. The van der Waals surface area contributed by atoms with E-state index in [2.05, 4.69) is 40.5 Å². The number of aromatic amines is 1. The highest BCUT2D eigenvalue weighted by atomic mass is 19.4. The summed E-state index contributed by atoms with van der Waals surface area (Å²) in [6, 6.07) is 0. The van der Waals surface area contributed by atoms with Crippen LogP contribution < -0.4 is 10.6 Å². The predicted octanol–water partition coefficient (Wildman–Crippen LogP) is 2.17. The summed E-state index contributed by atoms with van der Waals surface area (Å²) in [4.78, 5) is 22.9. The Morgan fingerprint density at radius 3 is 2.74 bits per heavy atom. The first-order valence-corrected chi connectivity index (χ1v) is 6.48. The number of rotatable bonds is 4. The molecule has 3 rings (SSSR count). The van der Waals surface area contributed by atoms with E-state index in [0.717, 1.165) is 0 Å². The van der Waals surface area contributed by atoms with Crippen molar-refractivity contribution in [2.75, 3.05) is 17.2 Å². The van der Waals surface area contributed by atoms with Crippen LogP contribution in [0, 0.1) is 6.92 Å². The Bertz CT molecular complexity index is 829. The van der Waals surface area contributed by atoms with Crippen LogP contribution in [0.25, 0.3) is 11.2 Å². The number of H-pyrrole nitrogens is 1. The fourth-order valence-corrected chi connectivity index (χ4v) is 1.84. The average Bonchev–Trinajstić information content (AvgIpc) is 2.92. The molecule has 0 aliphatic carbocycles. The van der Waals surface area contributed by atoms with Crippen molar-refractivity contribution in [3.63, 3.8) is 0 Å². The number of aryl methyl sites for hydroxylation is 1. The molecule has 11 heteroatoms. The van der Waals surface area contributed by atoms with Crippen molar-refractivity contribution in [1.82, 2.24) is 29.9 Å². The van der Waals surface area contributed by atoms with Crippen LogP contribution in [0.4, 0.5) is 30.8 Å². The maximum atomic E-state index is 12.4. The molecule has 0 saturated heterocycles. The van der Waals surface area contributed by atoms with Crippen molar-refractivity contribution in [2.45, 2.75) is 13.1 Å². The summed E-state index contributed by atoms with van der Waals surface area (Å²) in [6.07, 6.45) is -0.0194. The van der Waals surface area contributed by atoms with Gasteiger partial charge in [0.15, 0.2) is 17.3 Å². The van der Waals surface area contributed by atoms with E-state index < -0.39 is 12.7 Å². The fourth-order valence-electron chi connectivity index (χ4n) is 1.84. The average molecular weight is 324 g/mol. The molecule has 0 aromatic carbocycles. The van der Waals surface area contributed by atoms with Crippen molar-refractivity contribution in [3.05, 3.63) is 24.4 Å². The number of alkyl halides is 3. The number of imidazole rings is 1. The second kappa shape index (κ2) is 5.66. The quantitative estimate of drug-likeness (QED) is 0.675. The first-order valence-electron chi connectivity index (χ1n) is 6.48. The molecule has 0 saturated carbocycles. The first kappa shape index (κ1) is 14.9. The number of fused-ring (bicyclic) bond motifs is 1. The van der Waals surface area contributed by atoms with Crippen LogP contribution in [0.3, 0.4) is 0 Å². The molecule has 8 nitrogen and oxygen atoms in total. The van der Waals surface area contributed by atoms with E-state index in [-0.39, 0.29) is 22.9 Å². The molecule has 3 heterocycles. The number of hydrogen-bond acceptors (Lipinski definition) is 7. The molecule has 0 spiro atoms. The lowest BCUT2D eigenvalue weighted by Gasteiger charge is -2.11. The summed E-state index contributed by atoms with van der Waals surface area (Å²) in [7, 11) is 0. The number of aromatic nitrogens is 6. The molecule has 0 unspecified atom stereocenters. The van der Waals surface area contributed by atoms with Gasteiger partial charge in [-0.05, 0) is 6.92 Å². The molecule has 23 heavy (non-hydrogen) atoms. The van der Waals surface area contributed by atoms with E-state index in [4.69, 9.17) is 0 Å². The summed E-state index contributed by atoms with van der Waals surface area (Å²) in [6.45, 7) is 0.536. The third-order valence-corrected chi connectivity index (χ3v) is 2.74. The van der Waals surface area contributed by atoms with Gasteiger partial charge in [-0.2, -0.15) is 23.1 Å². The van der Waals surface area contributed by atoms with Crippen LogP contribution >= 0.6 is 0 Å². The van der Waals surface area contributed by atoms with Gasteiger partial charge in [0.2, 0.25) is 5.95 Å². The van der Waals surface area contributed by atoms with Crippen molar-refractivity contribution in [2.24, 2.45) is 0 Å². The zero-order chi connectivity index (χ0) is 16.4. The minimum atomic E-state index is -4.37. The van der Waals surface area contributed by atoms with Crippen LogP contribution in [0.1, 0.15) is 5.69 Å². The van der Waals surface area contributed by atoms with Crippen molar-refractivity contribution >= 4 is 28.7 Å². The van der Waals surface area contributed by atoms with E-state index in [1.807, 2.05) is 0 Å². The molecule has 3 N–H and O–H groups in total. The Kier molecular flexibility index (Phi) is 3.68. The molecule has 120 valence electrons. The van der Waals surface area contributed by atoms with Crippen LogP contribution in [0.2, 0.25) is 0 Å². The van der Waals surface area contributed by atoms with E-state index in [9.17, 15) is 13.2 Å². The Labute approximate surface area is 127 Å². The van der Waals surface area contributed by atoms with Gasteiger partial charge < -0.3 is 15.6 Å². The summed E-state index contributed by atoms with van der Waals surface area (Å²) in [5.41, 5.74) is 1.19. The van der Waals surface area contributed by atoms with E-state index >= 15 is 0 Å². The number of nitrogens with zero attached hydrogens (tertiary/aromatic N) is 5. The van der Waals surface area contributed by atoms with Gasteiger partial charge in [-0.3, -0.25) is 4.98 Å². The molecule has 0 atom stereocenters. The second-order valence-electron chi connectivity index (χ2n) is 4.64.